The van der Waals surface area contributed by atoms with E-state index in [2.05, 4.69) is 13.2 Å². The van der Waals surface area contributed by atoms with Crippen molar-refractivity contribution in [3.63, 3.8) is 0 Å². The van der Waals surface area contributed by atoms with Crippen molar-refractivity contribution in [2.45, 2.75) is 46.0 Å². The molecule has 1 saturated carbocycles. The Morgan fingerprint density at radius 1 is 0.938 bits per heavy atom. The maximum Gasteiger partial charge on any atom is 0.0965 e. The molecule has 1 fully saturated rings. The summed E-state index contributed by atoms with van der Waals surface area (Å²) in [6, 6.07) is 0. The first kappa shape index (κ1) is 13.1. The summed E-state index contributed by atoms with van der Waals surface area (Å²) in [5, 5.41) is 0. The first-order valence-electron chi connectivity index (χ1n) is 6.11. The van der Waals surface area contributed by atoms with Crippen LogP contribution in [0.3, 0.4) is 0 Å². The summed E-state index contributed by atoms with van der Waals surface area (Å²) < 4.78 is 11.2. The van der Waals surface area contributed by atoms with Gasteiger partial charge in [-0.2, -0.15) is 0 Å². The highest BCUT2D eigenvalue weighted by molar-refractivity contribution is 4.87. The minimum absolute atomic E-state index is 0.177. The first-order valence-corrected chi connectivity index (χ1v) is 6.11. The number of allylic oxidation sites excluding steroid dienone is 2. The molecule has 16 heavy (non-hydrogen) atoms. The third-order valence-corrected chi connectivity index (χ3v) is 3.16. The Morgan fingerprint density at radius 3 is 1.75 bits per heavy atom. The second-order valence-corrected chi connectivity index (χ2v) is 5.04. The Kier molecular flexibility index (Phi) is 4.91. The molecule has 0 aromatic carbocycles. The van der Waals surface area contributed by atoms with Crippen molar-refractivity contribution in [3.8, 4) is 0 Å². The van der Waals surface area contributed by atoms with Gasteiger partial charge >= 0.3 is 0 Å². The number of ether oxygens (including phenoxy) is 2. The van der Waals surface area contributed by atoms with E-state index >= 15 is 0 Å². The second kappa shape index (κ2) is 5.97. The lowest BCUT2D eigenvalue weighted by molar-refractivity contribution is -0.00356. The summed E-state index contributed by atoms with van der Waals surface area (Å²) in [6.07, 6.45) is 6.27. The van der Waals surface area contributed by atoms with Crippen LogP contribution in [0.2, 0.25) is 0 Å². The van der Waals surface area contributed by atoms with Crippen LogP contribution in [-0.4, -0.2) is 13.2 Å². The average molecular weight is 224 g/mol. The summed E-state index contributed by atoms with van der Waals surface area (Å²) in [5.41, 5.74) is 0.177. The summed E-state index contributed by atoms with van der Waals surface area (Å²) in [7, 11) is 0. The van der Waals surface area contributed by atoms with Crippen LogP contribution in [0.15, 0.2) is 24.7 Å². The second-order valence-electron chi connectivity index (χ2n) is 5.04. The lowest BCUT2D eigenvalue weighted by Gasteiger charge is -2.36. The van der Waals surface area contributed by atoms with Gasteiger partial charge in [-0.25, -0.2) is 0 Å². The van der Waals surface area contributed by atoms with Crippen molar-refractivity contribution in [2.24, 2.45) is 5.41 Å². The molecule has 92 valence electrons. The van der Waals surface area contributed by atoms with Gasteiger partial charge in [0.05, 0.1) is 24.7 Å². The van der Waals surface area contributed by atoms with Crippen LogP contribution < -0.4 is 0 Å². The van der Waals surface area contributed by atoms with Crippen molar-refractivity contribution in [1.82, 2.24) is 0 Å². The highest BCUT2D eigenvalue weighted by Gasteiger charge is 2.33. The third-order valence-electron chi connectivity index (χ3n) is 3.16. The monoisotopic (exact) mass is 224 g/mol. The highest BCUT2D eigenvalue weighted by atomic mass is 16.5. The van der Waals surface area contributed by atoms with E-state index in [-0.39, 0.29) is 5.41 Å². The van der Waals surface area contributed by atoms with Gasteiger partial charge in [0.15, 0.2) is 0 Å². The number of rotatable bonds is 6. The predicted octanol–water partition coefficient (Wildman–Crippen LogP) is 4.04. The molecule has 0 aromatic rings. The molecule has 0 aromatic heterocycles. The smallest absolute Gasteiger partial charge is 0.0965 e. The largest absolute Gasteiger partial charge is 0.498 e. The molecule has 2 heteroatoms. The van der Waals surface area contributed by atoms with E-state index in [0.29, 0.717) is 0 Å². The Bertz CT molecular complexity index is 229. The summed E-state index contributed by atoms with van der Waals surface area (Å²) in [4.78, 5) is 0. The summed E-state index contributed by atoms with van der Waals surface area (Å²) in [6.45, 7) is 12.8. The fourth-order valence-corrected chi connectivity index (χ4v) is 2.18. The molecule has 0 spiro atoms. The molecular formula is C14H24O2. The van der Waals surface area contributed by atoms with Gasteiger partial charge in [-0.05, 0) is 26.7 Å². The van der Waals surface area contributed by atoms with Gasteiger partial charge in [-0.3, -0.25) is 0 Å². The fraction of sp³-hybridized carbons (Fsp3) is 0.714. The molecule has 0 unspecified atom stereocenters. The number of hydrogen-bond acceptors (Lipinski definition) is 2. The van der Waals surface area contributed by atoms with Crippen LogP contribution >= 0.6 is 0 Å². The van der Waals surface area contributed by atoms with Crippen LogP contribution in [0.25, 0.3) is 0 Å². The standard InChI is InChI=1S/C14H24O2/c1-12(2)15-10-14(11-16-13(3)4)8-6-5-7-9-14/h1,3,5-11H2,2,4H3. The molecule has 2 nitrogen and oxygen atoms in total. The molecule has 0 atom stereocenters. The predicted molar refractivity (Wildman–Crippen MR) is 67.1 cm³/mol. The van der Waals surface area contributed by atoms with Crippen molar-refractivity contribution >= 4 is 0 Å². The van der Waals surface area contributed by atoms with Crippen LogP contribution in [0, 0.1) is 5.41 Å². The number of hydrogen-bond donors (Lipinski definition) is 0. The van der Waals surface area contributed by atoms with E-state index < -0.39 is 0 Å². The highest BCUT2D eigenvalue weighted by Crippen LogP contribution is 2.37. The Balaban J connectivity index is 2.52. The first-order chi connectivity index (χ1) is 7.54. The molecule has 0 N–H and O–H groups in total. The molecule has 1 aliphatic carbocycles. The van der Waals surface area contributed by atoms with E-state index in [1.165, 1.54) is 32.1 Å². The van der Waals surface area contributed by atoms with Crippen molar-refractivity contribution in [3.05, 3.63) is 24.7 Å². The molecular weight excluding hydrogens is 200 g/mol. The zero-order valence-electron chi connectivity index (χ0n) is 10.7. The van der Waals surface area contributed by atoms with Gasteiger partial charge in [0.25, 0.3) is 0 Å². The Morgan fingerprint density at radius 2 is 1.38 bits per heavy atom. The molecule has 0 amide bonds. The molecule has 0 radical (unpaired) electrons. The van der Waals surface area contributed by atoms with E-state index in [4.69, 9.17) is 9.47 Å². The third kappa shape index (κ3) is 4.30. The lowest BCUT2D eigenvalue weighted by atomic mass is 9.75. The zero-order valence-corrected chi connectivity index (χ0v) is 10.7. The Labute approximate surface area is 99.3 Å². The van der Waals surface area contributed by atoms with Crippen LogP contribution in [0.1, 0.15) is 46.0 Å². The molecule has 0 bridgehead atoms. The molecule has 0 aliphatic heterocycles. The van der Waals surface area contributed by atoms with Gasteiger partial charge in [0.2, 0.25) is 0 Å². The fourth-order valence-electron chi connectivity index (χ4n) is 2.18. The van der Waals surface area contributed by atoms with E-state index in [0.717, 1.165) is 24.7 Å². The summed E-state index contributed by atoms with van der Waals surface area (Å²) in [5.74, 6) is 1.58. The summed E-state index contributed by atoms with van der Waals surface area (Å²) >= 11 is 0. The van der Waals surface area contributed by atoms with Crippen LogP contribution in [0.5, 0.6) is 0 Å². The van der Waals surface area contributed by atoms with E-state index in [9.17, 15) is 0 Å². The van der Waals surface area contributed by atoms with E-state index in [1.807, 2.05) is 13.8 Å². The minimum atomic E-state index is 0.177. The normalized spacial score (nSPS) is 18.9. The Hall–Kier alpha value is -0.920. The van der Waals surface area contributed by atoms with Crippen molar-refractivity contribution < 1.29 is 9.47 Å². The molecule has 1 rings (SSSR count). The molecule has 0 heterocycles. The molecule has 1 aliphatic rings. The van der Waals surface area contributed by atoms with Crippen molar-refractivity contribution in [2.75, 3.05) is 13.2 Å². The van der Waals surface area contributed by atoms with E-state index in [1.54, 1.807) is 0 Å². The minimum Gasteiger partial charge on any atom is -0.498 e. The van der Waals surface area contributed by atoms with Gasteiger partial charge < -0.3 is 9.47 Å². The topological polar surface area (TPSA) is 18.5 Å². The lowest BCUT2D eigenvalue weighted by Crippen LogP contribution is -2.34. The van der Waals surface area contributed by atoms with Gasteiger partial charge in [0.1, 0.15) is 0 Å². The van der Waals surface area contributed by atoms with Gasteiger partial charge in [-0.1, -0.05) is 32.4 Å². The maximum atomic E-state index is 5.61. The maximum absolute atomic E-state index is 5.61. The zero-order chi connectivity index (χ0) is 12.0. The van der Waals surface area contributed by atoms with Crippen LogP contribution in [-0.2, 0) is 9.47 Å². The van der Waals surface area contributed by atoms with Gasteiger partial charge in [-0.15, -0.1) is 0 Å². The molecule has 0 saturated heterocycles. The van der Waals surface area contributed by atoms with Crippen molar-refractivity contribution in [1.29, 1.82) is 0 Å². The van der Waals surface area contributed by atoms with Crippen LogP contribution in [0.4, 0.5) is 0 Å². The van der Waals surface area contributed by atoms with Gasteiger partial charge in [0, 0.05) is 5.41 Å². The quantitative estimate of drug-likeness (QED) is 0.634. The SMILES string of the molecule is C=C(C)OCC1(COC(=C)C)CCCCC1. The average Bonchev–Trinajstić information content (AvgIpc) is 2.25.